The average molecular weight is 261 g/mol. The SMILES string of the molecule is CC.Cc1ccc(-c2cccc([N+](=O)[O-])c2)cc1F. The van der Waals surface area contributed by atoms with E-state index in [1.807, 2.05) is 13.8 Å². The first-order valence-corrected chi connectivity index (χ1v) is 6.09. The summed E-state index contributed by atoms with van der Waals surface area (Å²) in [5, 5.41) is 10.6. The highest BCUT2D eigenvalue weighted by atomic mass is 19.1. The second-order valence-corrected chi connectivity index (χ2v) is 3.77. The Morgan fingerprint density at radius 3 is 2.26 bits per heavy atom. The number of nitro groups is 1. The molecule has 0 spiro atoms. The van der Waals surface area contributed by atoms with Crippen LogP contribution in [0.5, 0.6) is 0 Å². The van der Waals surface area contributed by atoms with Crippen LogP contribution in [0.1, 0.15) is 19.4 Å². The molecule has 0 atom stereocenters. The van der Waals surface area contributed by atoms with E-state index in [2.05, 4.69) is 0 Å². The molecule has 0 radical (unpaired) electrons. The molecule has 0 aliphatic rings. The first-order chi connectivity index (χ1) is 9.08. The molecule has 2 aromatic carbocycles. The van der Waals surface area contributed by atoms with Gasteiger partial charge in [-0.2, -0.15) is 0 Å². The van der Waals surface area contributed by atoms with E-state index < -0.39 is 4.92 Å². The van der Waals surface area contributed by atoms with E-state index in [0.29, 0.717) is 16.7 Å². The predicted octanol–water partition coefficient (Wildman–Crippen LogP) is 4.74. The molecule has 0 saturated heterocycles. The van der Waals surface area contributed by atoms with Gasteiger partial charge in [-0.15, -0.1) is 0 Å². The van der Waals surface area contributed by atoms with Crippen molar-refractivity contribution in [2.75, 3.05) is 0 Å². The number of non-ortho nitro benzene ring substituents is 1. The van der Waals surface area contributed by atoms with Gasteiger partial charge in [-0.3, -0.25) is 10.1 Å². The van der Waals surface area contributed by atoms with E-state index in [-0.39, 0.29) is 11.5 Å². The minimum atomic E-state index is -0.464. The normalized spacial score (nSPS) is 9.47. The molecule has 0 heterocycles. The van der Waals surface area contributed by atoms with Gasteiger partial charge < -0.3 is 0 Å². The van der Waals surface area contributed by atoms with E-state index in [1.165, 1.54) is 18.2 Å². The Balaban J connectivity index is 0.000000861. The van der Waals surface area contributed by atoms with Crippen molar-refractivity contribution in [2.45, 2.75) is 20.8 Å². The maximum atomic E-state index is 13.4. The van der Waals surface area contributed by atoms with Crippen molar-refractivity contribution < 1.29 is 9.31 Å². The molecule has 3 nitrogen and oxygen atoms in total. The summed E-state index contributed by atoms with van der Waals surface area (Å²) in [5.41, 5.74) is 1.83. The molecular formula is C15H16FNO2. The molecule has 4 heteroatoms. The van der Waals surface area contributed by atoms with Crippen LogP contribution in [0.25, 0.3) is 11.1 Å². The van der Waals surface area contributed by atoms with Gasteiger partial charge in [0.15, 0.2) is 0 Å². The summed E-state index contributed by atoms with van der Waals surface area (Å²) in [6.07, 6.45) is 0. The monoisotopic (exact) mass is 261 g/mol. The Morgan fingerprint density at radius 1 is 1.05 bits per heavy atom. The van der Waals surface area contributed by atoms with Crippen LogP contribution in [0.4, 0.5) is 10.1 Å². The Kier molecular flexibility index (Phi) is 5.18. The van der Waals surface area contributed by atoms with Gasteiger partial charge in [0.25, 0.3) is 5.69 Å². The summed E-state index contributed by atoms with van der Waals surface area (Å²) in [4.78, 5) is 10.2. The van der Waals surface area contributed by atoms with Crippen molar-refractivity contribution in [3.05, 3.63) is 64.0 Å². The van der Waals surface area contributed by atoms with Crippen LogP contribution in [-0.2, 0) is 0 Å². The quantitative estimate of drug-likeness (QED) is 0.579. The van der Waals surface area contributed by atoms with Gasteiger partial charge in [-0.05, 0) is 29.7 Å². The molecule has 0 aliphatic carbocycles. The van der Waals surface area contributed by atoms with Crippen LogP contribution in [0.15, 0.2) is 42.5 Å². The van der Waals surface area contributed by atoms with Crippen LogP contribution >= 0.6 is 0 Å². The number of nitrogens with zero attached hydrogens (tertiary/aromatic N) is 1. The number of rotatable bonds is 2. The molecule has 0 bridgehead atoms. The molecule has 0 aliphatic heterocycles. The van der Waals surface area contributed by atoms with Gasteiger partial charge in [0.2, 0.25) is 0 Å². The molecule has 2 aromatic rings. The van der Waals surface area contributed by atoms with Crippen molar-refractivity contribution >= 4 is 5.69 Å². The largest absolute Gasteiger partial charge is 0.270 e. The molecule has 0 N–H and O–H groups in total. The summed E-state index contributed by atoms with van der Waals surface area (Å²) in [7, 11) is 0. The molecular weight excluding hydrogens is 245 g/mol. The molecule has 0 saturated carbocycles. The highest BCUT2D eigenvalue weighted by Crippen LogP contribution is 2.25. The van der Waals surface area contributed by atoms with Crippen LogP contribution in [0.2, 0.25) is 0 Å². The lowest BCUT2D eigenvalue weighted by Gasteiger charge is -2.03. The van der Waals surface area contributed by atoms with Crippen LogP contribution in [0.3, 0.4) is 0 Å². The summed E-state index contributed by atoms with van der Waals surface area (Å²) in [6.45, 7) is 5.67. The maximum absolute atomic E-state index is 13.4. The van der Waals surface area contributed by atoms with Crippen molar-refractivity contribution in [2.24, 2.45) is 0 Å². The Hall–Kier alpha value is -2.23. The number of aryl methyl sites for hydroxylation is 1. The molecule has 2 rings (SSSR count). The zero-order valence-corrected chi connectivity index (χ0v) is 11.2. The standard InChI is InChI=1S/C13H10FNO2.C2H6/c1-9-5-6-11(8-13(9)14)10-3-2-4-12(7-10)15(16)17;1-2/h2-8H,1H3;1-2H3. The Bertz CT molecular complexity index is 582. The van der Waals surface area contributed by atoms with Crippen LogP contribution in [-0.4, -0.2) is 4.92 Å². The van der Waals surface area contributed by atoms with E-state index >= 15 is 0 Å². The van der Waals surface area contributed by atoms with Gasteiger partial charge in [0.05, 0.1) is 4.92 Å². The lowest BCUT2D eigenvalue weighted by molar-refractivity contribution is -0.384. The number of hydrogen-bond acceptors (Lipinski definition) is 2. The third-order valence-corrected chi connectivity index (χ3v) is 2.56. The first-order valence-electron chi connectivity index (χ1n) is 6.09. The highest BCUT2D eigenvalue weighted by molar-refractivity contribution is 5.66. The topological polar surface area (TPSA) is 43.1 Å². The van der Waals surface area contributed by atoms with Crippen molar-refractivity contribution in [1.82, 2.24) is 0 Å². The van der Waals surface area contributed by atoms with E-state index in [9.17, 15) is 14.5 Å². The number of halogens is 1. The zero-order valence-electron chi connectivity index (χ0n) is 11.2. The lowest BCUT2D eigenvalue weighted by atomic mass is 10.0. The minimum absolute atomic E-state index is 0.00323. The summed E-state index contributed by atoms with van der Waals surface area (Å²) >= 11 is 0. The average Bonchev–Trinajstić information content (AvgIpc) is 2.44. The molecule has 19 heavy (non-hydrogen) atoms. The van der Waals surface area contributed by atoms with Crippen molar-refractivity contribution in [3.8, 4) is 11.1 Å². The van der Waals surface area contributed by atoms with E-state index in [1.54, 1.807) is 31.2 Å². The van der Waals surface area contributed by atoms with Gasteiger partial charge in [-0.25, -0.2) is 4.39 Å². The fourth-order valence-corrected chi connectivity index (χ4v) is 1.57. The third kappa shape index (κ3) is 3.61. The van der Waals surface area contributed by atoms with Crippen molar-refractivity contribution in [3.63, 3.8) is 0 Å². The number of hydrogen-bond donors (Lipinski definition) is 0. The summed E-state index contributed by atoms with van der Waals surface area (Å²) in [6, 6.07) is 10.9. The van der Waals surface area contributed by atoms with Crippen LogP contribution in [0, 0.1) is 22.9 Å². The number of benzene rings is 2. The molecule has 0 fully saturated rings. The fourth-order valence-electron chi connectivity index (χ4n) is 1.57. The van der Waals surface area contributed by atoms with Crippen molar-refractivity contribution in [1.29, 1.82) is 0 Å². The molecule has 0 amide bonds. The zero-order chi connectivity index (χ0) is 14.4. The predicted molar refractivity (Wildman–Crippen MR) is 74.6 cm³/mol. The maximum Gasteiger partial charge on any atom is 0.270 e. The number of nitro benzene ring substituents is 1. The second-order valence-electron chi connectivity index (χ2n) is 3.77. The third-order valence-electron chi connectivity index (χ3n) is 2.56. The fraction of sp³-hybridized carbons (Fsp3) is 0.200. The van der Waals surface area contributed by atoms with E-state index in [0.717, 1.165) is 0 Å². The molecule has 0 unspecified atom stereocenters. The minimum Gasteiger partial charge on any atom is -0.258 e. The van der Waals surface area contributed by atoms with Gasteiger partial charge in [0, 0.05) is 12.1 Å². The Morgan fingerprint density at radius 2 is 1.68 bits per heavy atom. The van der Waals surface area contributed by atoms with Gasteiger partial charge in [0.1, 0.15) is 5.82 Å². The van der Waals surface area contributed by atoms with Crippen LogP contribution < -0.4 is 0 Å². The summed E-state index contributed by atoms with van der Waals surface area (Å²) < 4.78 is 13.4. The first kappa shape index (κ1) is 14.8. The molecule has 100 valence electrons. The Labute approximate surface area is 111 Å². The van der Waals surface area contributed by atoms with E-state index in [4.69, 9.17) is 0 Å². The smallest absolute Gasteiger partial charge is 0.258 e. The highest BCUT2D eigenvalue weighted by Gasteiger charge is 2.08. The molecule has 0 aromatic heterocycles. The lowest BCUT2D eigenvalue weighted by Crippen LogP contribution is -1.89. The van der Waals surface area contributed by atoms with Gasteiger partial charge in [-0.1, -0.05) is 38.1 Å². The second kappa shape index (κ2) is 6.64. The summed E-state index contributed by atoms with van der Waals surface area (Å²) in [5.74, 6) is -0.311. The van der Waals surface area contributed by atoms with Gasteiger partial charge >= 0.3 is 0 Å².